The molecule has 0 radical (unpaired) electrons. The molecule has 1 heterocycles. The lowest BCUT2D eigenvalue weighted by molar-refractivity contribution is -0.385. The molecule has 1 aliphatic heterocycles. The van der Waals surface area contributed by atoms with Gasteiger partial charge in [-0.1, -0.05) is 20.8 Å². The minimum Gasteiger partial charge on any atom is -0.468 e. The topological polar surface area (TPSA) is 96.2 Å². The van der Waals surface area contributed by atoms with Crippen LogP contribution in [-0.2, 0) is 14.3 Å². The summed E-state index contributed by atoms with van der Waals surface area (Å²) < 4.78 is 9.62. The van der Waals surface area contributed by atoms with Gasteiger partial charge >= 0.3 is 5.97 Å². The molecule has 6 nitrogen and oxygen atoms in total. The molecule has 3 saturated carbocycles. The fourth-order valence-corrected chi connectivity index (χ4v) is 8.16. The summed E-state index contributed by atoms with van der Waals surface area (Å²) in [6, 6.07) is 0. The van der Waals surface area contributed by atoms with Gasteiger partial charge in [-0.25, -0.2) is 0 Å². The highest BCUT2D eigenvalue weighted by Gasteiger charge is 2.85. The first-order valence-corrected chi connectivity index (χ1v) is 9.95. The lowest BCUT2D eigenvalue weighted by atomic mass is 9.41. The van der Waals surface area contributed by atoms with Crippen LogP contribution in [0.3, 0.4) is 0 Å². The van der Waals surface area contributed by atoms with Crippen LogP contribution in [-0.4, -0.2) is 63.5 Å². The number of methoxy groups -OCH3 is 1. The van der Waals surface area contributed by atoms with Crippen molar-refractivity contribution in [1.82, 2.24) is 0 Å². The van der Waals surface area contributed by atoms with Crippen LogP contribution in [0.4, 0.5) is 0 Å². The Kier molecular flexibility index (Phi) is 3.70. The van der Waals surface area contributed by atoms with Crippen molar-refractivity contribution in [2.75, 3.05) is 19.5 Å². The summed E-state index contributed by atoms with van der Waals surface area (Å²) in [5.74, 6) is -2.14. The molecule has 8 atom stereocenters. The molecule has 3 N–H and O–H groups in total. The predicted octanol–water partition coefficient (Wildman–Crippen LogP) is 0.774. The zero-order chi connectivity index (χ0) is 18.4. The maximum absolute atomic E-state index is 11.7. The summed E-state index contributed by atoms with van der Waals surface area (Å²) in [6.45, 7) is 6.54. The number of ether oxygens (including phenoxy) is 2. The van der Waals surface area contributed by atoms with Crippen molar-refractivity contribution in [3.8, 4) is 0 Å². The van der Waals surface area contributed by atoms with Crippen LogP contribution in [0.2, 0.25) is 0 Å². The third kappa shape index (κ3) is 1.99. The fraction of sp³-hybridized carbons (Fsp3) is 0.944. The van der Waals surface area contributed by atoms with Crippen molar-refractivity contribution in [3.63, 3.8) is 0 Å². The largest absolute Gasteiger partial charge is 0.468 e. The molecule has 3 aliphatic carbocycles. The Morgan fingerprint density at radius 2 is 1.96 bits per heavy atom. The van der Waals surface area contributed by atoms with Crippen molar-refractivity contribution in [3.05, 3.63) is 0 Å². The summed E-state index contributed by atoms with van der Waals surface area (Å²) in [5.41, 5.74) is -0.438. The van der Waals surface area contributed by atoms with Gasteiger partial charge in [0.2, 0.25) is 0 Å². The second-order valence-electron chi connectivity index (χ2n) is 9.35. The predicted molar refractivity (Wildman–Crippen MR) is 91.7 cm³/mol. The van der Waals surface area contributed by atoms with Crippen LogP contribution in [0.15, 0.2) is 0 Å². The molecular formula is C18H28O6S. The Balaban J connectivity index is 1.76. The Morgan fingerprint density at radius 1 is 1.28 bits per heavy atom. The number of hydrogen-bond donors (Lipinski definition) is 3. The van der Waals surface area contributed by atoms with Crippen molar-refractivity contribution in [2.24, 2.45) is 28.6 Å². The SMILES string of the molecule is COC(=O)CS[C@@]12CO[C@@]3(O)C1C(C)([C@H]1CC(C)(C)C[C@H]1[C@@H]2O)[C@@H]3O. The van der Waals surface area contributed by atoms with Crippen molar-refractivity contribution in [2.45, 2.75) is 56.4 Å². The molecule has 0 aromatic carbocycles. The van der Waals surface area contributed by atoms with E-state index in [0.29, 0.717) is 0 Å². The summed E-state index contributed by atoms with van der Waals surface area (Å²) >= 11 is 1.32. The molecule has 142 valence electrons. The van der Waals surface area contributed by atoms with Gasteiger partial charge in [0.1, 0.15) is 6.10 Å². The summed E-state index contributed by atoms with van der Waals surface area (Å²) in [6.07, 6.45) is 0.118. The lowest BCUT2D eigenvalue weighted by Crippen LogP contribution is -2.81. The molecule has 7 heteroatoms. The van der Waals surface area contributed by atoms with Crippen LogP contribution in [0.25, 0.3) is 0 Å². The molecule has 0 spiro atoms. The highest BCUT2D eigenvalue weighted by Crippen LogP contribution is 2.76. The highest BCUT2D eigenvalue weighted by molar-refractivity contribution is 8.01. The van der Waals surface area contributed by atoms with Crippen molar-refractivity contribution < 1.29 is 29.6 Å². The molecule has 0 bridgehead atoms. The van der Waals surface area contributed by atoms with Crippen molar-refractivity contribution in [1.29, 1.82) is 0 Å². The van der Waals surface area contributed by atoms with E-state index in [9.17, 15) is 20.1 Å². The molecule has 25 heavy (non-hydrogen) atoms. The average Bonchev–Trinajstić information content (AvgIpc) is 3.05. The van der Waals surface area contributed by atoms with E-state index >= 15 is 0 Å². The monoisotopic (exact) mass is 372 g/mol. The first kappa shape index (κ1) is 18.0. The molecule has 4 fully saturated rings. The number of carbonyl (C=O) groups is 1. The Bertz CT molecular complexity index is 610. The smallest absolute Gasteiger partial charge is 0.315 e. The normalized spacial score (nSPS) is 55.2. The number of aliphatic hydroxyl groups excluding tert-OH is 2. The van der Waals surface area contributed by atoms with Gasteiger partial charge in [-0.2, -0.15) is 0 Å². The third-order valence-electron chi connectivity index (χ3n) is 7.50. The van der Waals surface area contributed by atoms with Gasteiger partial charge in [-0.05, 0) is 30.1 Å². The number of thioether (sulfide) groups is 1. The van der Waals surface area contributed by atoms with Gasteiger partial charge in [0.25, 0.3) is 0 Å². The molecule has 0 aromatic heterocycles. The van der Waals surface area contributed by atoms with Gasteiger partial charge in [-0.15, -0.1) is 11.8 Å². The first-order valence-electron chi connectivity index (χ1n) is 8.96. The van der Waals surface area contributed by atoms with E-state index in [1.807, 2.05) is 6.92 Å². The standard InChI is InChI=1S/C18H28O6S/c1-15(2)5-9-10(6-15)16(3)13-17(12(9)20,25-7-11(19)23-4)8-24-18(13,22)14(16)21/h9-10,12-14,20-22H,5-8H2,1-4H3/t9-,10+,12+,13?,14+,16?,17-,18+/m1/s1. The van der Waals surface area contributed by atoms with Crippen LogP contribution in [0.1, 0.15) is 33.6 Å². The number of hydrogen-bond acceptors (Lipinski definition) is 7. The second kappa shape index (κ2) is 5.13. The van der Waals surface area contributed by atoms with Crippen LogP contribution in [0.5, 0.6) is 0 Å². The number of esters is 1. The number of aliphatic hydroxyl groups is 3. The third-order valence-corrected chi connectivity index (χ3v) is 9.02. The van der Waals surface area contributed by atoms with Gasteiger partial charge < -0.3 is 24.8 Å². The molecule has 1 saturated heterocycles. The fourth-order valence-electron chi connectivity index (χ4n) is 6.58. The second-order valence-corrected chi connectivity index (χ2v) is 10.7. The van der Waals surface area contributed by atoms with Gasteiger partial charge in [-0.3, -0.25) is 4.79 Å². The number of carbonyl (C=O) groups excluding carboxylic acids is 1. The van der Waals surface area contributed by atoms with Crippen molar-refractivity contribution >= 4 is 17.7 Å². The van der Waals surface area contributed by atoms with E-state index in [1.54, 1.807) is 0 Å². The summed E-state index contributed by atoms with van der Waals surface area (Å²) in [4.78, 5) is 11.7. The Labute approximate surface area is 152 Å². The highest BCUT2D eigenvalue weighted by atomic mass is 32.2. The summed E-state index contributed by atoms with van der Waals surface area (Å²) in [7, 11) is 1.34. The minimum absolute atomic E-state index is 0.0299. The Hall–Kier alpha value is -0.340. The maximum Gasteiger partial charge on any atom is 0.315 e. The quantitative estimate of drug-likeness (QED) is 0.630. The summed E-state index contributed by atoms with van der Waals surface area (Å²) in [5, 5.41) is 33.1. The van der Waals surface area contributed by atoms with E-state index in [-0.39, 0.29) is 35.6 Å². The molecule has 4 rings (SSSR count). The molecule has 2 unspecified atom stereocenters. The van der Waals surface area contributed by atoms with E-state index in [4.69, 9.17) is 9.47 Å². The van der Waals surface area contributed by atoms with Crippen LogP contribution < -0.4 is 0 Å². The number of rotatable bonds is 3. The molecular weight excluding hydrogens is 344 g/mol. The maximum atomic E-state index is 11.7. The molecule has 0 aromatic rings. The minimum atomic E-state index is -1.63. The van der Waals surface area contributed by atoms with E-state index in [2.05, 4.69) is 13.8 Å². The molecule has 4 aliphatic rings. The van der Waals surface area contributed by atoms with E-state index < -0.39 is 34.1 Å². The molecule has 0 amide bonds. The Morgan fingerprint density at radius 3 is 2.60 bits per heavy atom. The number of fused-ring (bicyclic) bond motifs is 2. The zero-order valence-corrected chi connectivity index (χ0v) is 16.0. The van der Waals surface area contributed by atoms with Gasteiger partial charge in [0, 0.05) is 11.3 Å². The van der Waals surface area contributed by atoms with Gasteiger partial charge in [0.05, 0.1) is 30.3 Å². The van der Waals surface area contributed by atoms with E-state index in [0.717, 1.165) is 12.8 Å². The lowest BCUT2D eigenvalue weighted by Gasteiger charge is -2.69. The van der Waals surface area contributed by atoms with Gasteiger partial charge in [0.15, 0.2) is 5.79 Å². The first-order chi connectivity index (χ1) is 11.5. The van der Waals surface area contributed by atoms with Crippen LogP contribution >= 0.6 is 11.8 Å². The van der Waals surface area contributed by atoms with E-state index in [1.165, 1.54) is 18.9 Å². The zero-order valence-electron chi connectivity index (χ0n) is 15.2. The van der Waals surface area contributed by atoms with Crippen LogP contribution in [0, 0.1) is 28.6 Å². The average molecular weight is 372 g/mol.